The molecule has 0 aromatic carbocycles. The van der Waals surface area contributed by atoms with Crippen LogP contribution in [0.3, 0.4) is 0 Å². The molecule has 4 nitrogen and oxygen atoms in total. The first kappa shape index (κ1) is 10.6. The van der Waals surface area contributed by atoms with E-state index < -0.39 is 0 Å². The van der Waals surface area contributed by atoms with Gasteiger partial charge in [-0.25, -0.2) is 0 Å². The van der Waals surface area contributed by atoms with Gasteiger partial charge in [0.15, 0.2) is 5.69 Å². The summed E-state index contributed by atoms with van der Waals surface area (Å²) in [7, 11) is 1.84. The smallest absolute Gasteiger partial charge is 0.258 e. The number of aryl methyl sites for hydroxylation is 2. The quantitative estimate of drug-likeness (QED) is 0.409. The van der Waals surface area contributed by atoms with E-state index in [9.17, 15) is 10.1 Å². The fourth-order valence-electron chi connectivity index (χ4n) is 1.59. The summed E-state index contributed by atoms with van der Waals surface area (Å²) in [4.78, 5) is 10.6. The first-order chi connectivity index (χ1) is 6.49. The van der Waals surface area contributed by atoms with Crippen LogP contribution < -0.4 is 4.57 Å². The molecule has 1 heterocycles. The molecule has 0 saturated heterocycles. The SMILES string of the molecule is CCc1cc(C)[n+](C)c(C)c1[N+](=O)[O-]. The maximum atomic E-state index is 10.9. The van der Waals surface area contributed by atoms with Gasteiger partial charge in [-0.15, -0.1) is 0 Å². The zero-order chi connectivity index (χ0) is 10.9. The first-order valence-electron chi connectivity index (χ1n) is 4.62. The minimum atomic E-state index is -0.298. The van der Waals surface area contributed by atoms with Crippen LogP contribution in [0.5, 0.6) is 0 Å². The van der Waals surface area contributed by atoms with Crippen LogP contribution in [-0.2, 0) is 13.5 Å². The molecule has 0 spiro atoms. The fraction of sp³-hybridized carbons (Fsp3) is 0.500. The Hall–Kier alpha value is -1.45. The zero-order valence-electron chi connectivity index (χ0n) is 9.00. The Bertz CT molecular complexity index is 386. The van der Waals surface area contributed by atoms with E-state index in [0.29, 0.717) is 12.1 Å². The van der Waals surface area contributed by atoms with Gasteiger partial charge in [0, 0.05) is 25.5 Å². The third-order valence-corrected chi connectivity index (χ3v) is 2.63. The van der Waals surface area contributed by atoms with Crippen LogP contribution in [0.1, 0.15) is 23.9 Å². The molecular weight excluding hydrogens is 180 g/mol. The first-order valence-corrected chi connectivity index (χ1v) is 4.62. The van der Waals surface area contributed by atoms with Crippen molar-refractivity contribution in [2.45, 2.75) is 27.2 Å². The van der Waals surface area contributed by atoms with Gasteiger partial charge < -0.3 is 0 Å². The summed E-state index contributed by atoms with van der Waals surface area (Å²) >= 11 is 0. The van der Waals surface area contributed by atoms with Crippen molar-refractivity contribution in [3.05, 3.63) is 33.1 Å². The van der Waals surface area contributed by atoms with Crippen LogP contribution >= 0.6 is 0 Å². The molecule has 0 amide bonds. The van der Waals surface area contributed by atoms with Crippen molar-refractivity contribution >= 4 is 5.69 Å². The van der Waals surface area contributed by atoms with E-state index in [4.69, 9.17) is 0 Å². The monoisotopic (exact) mass is 195 g/mol. The van der Waals surface area contributed by atoms with Gasteiger partial charge in [0.05, 0.1) is 4.92 Å². The van der Waals surface area contributed by atoms with E-state index in [-0.39, 0.29) is 10.6 Å². The second kappa shape index (κ2) is 3.74. The van der Waals surface area contributed by atoms with Crippen LogP contribution in [-0.4, -0.2) is 4.92 Å². The molecule has 0 N–H and O–H groups in total. The number of nitrogens with zero attached hydrogens (tertiary/aromatic N) is 2. The van der Waals surface area contributed by atoms with Gasteiger partial charge in [-0.1, -0.05) is 6.92 Å². The Labute approximate surface area is 83.3 Å². The van der Waals surface area contributed by atoms with E-state index >= 15 is 0 Å². The Morgan fingerprint density at radius 1 is 1.50 bits per heavy atom. The lowest BCUT2D eigenvalue weighted by Crippen LogP contribution is -2.36. The summed E-state index contributed by atoms with van der Waals surface area (Å²) in [5, 5.41) is 10.9. The number of hydrogen-bond donors (Lipinski definition) is 0. The second-order valence-corrected chi connectivity index (χ2v) is 3.41. The number of pyridine rings is 1. The minimum Gasteiger partial charge on any atom is -0.258 e. The average Bonchev–Trinajstić information content (AvgIpc) is 2.12. The predicted octanol–water partition coefficient (Wildman–Crippen LogP) is 1.60. The number of aromatic nitrogens is 1. The summed E-state index contributed by atoms with van der Waals surface area (Å²) in [6.07, 6.45) is 0.693. The van der Waals surface area contributed by atoms with Gasteiger partial charge in [0.25, 0.3) is 5.69 Å². The van der Waals surface area contributed by atoms with Gasteiger partial charge >= 0.3 is 5.69 Å². The maximum absolute atomic E-state index is 10.9. The molecule has 0 aliphatic rings. The molecule has 76 valence electrons. The molecule has 0 aliphatic heterocycles. The Balaban J connectivity index is 3.53. The Kier molecular flexibility index (Phi) is 2.84. The van der Waals surface area contributed by atoms with Crippen molar-refractivity contribution in [2.75, 3.05) is 0 Å². The molecule has 0 radical (unpaired) electrons. The molecule has 4 heteroatoms. The minimum absolute atomic E-state index is 0.251. The van der Waals surface area contributed by atoms with Gasteiger partial charge in [-0.3, -0.25) is 10.1 Å². The van der Waals surface area contributed by atoms with Crippen LogP contribution in [0.25, 0.3) is 0 Å². The average molecular weight is 195 g/mol. The topological polar surface area (TPSA) is 47.0 Å². The second-order valence-electron chi connectivity index (χ2n) is 3.41. The van der Waals surface area contributed by atoms with Gasteiger partial charge in [0.2, 0.25) is 0 Å². The molecular formula is C10H15N2O2+. The summed E-state index contributed by atoms with van der Waals surface area (Å²) < 4.78 is 1.84. The zero-order valence-corrected chi connectivity index (χ0v) is 9.00. The van der Waals surface area contributed by atoms with Gasteiger partial charge in [-0.05, 0) is 6.42 Å². The highest BCUT2D eigenvalue weighted by Gasteiger charge is 2.25. The number of hydrogen-bond acceptors (Lipinski definition) is 2. The molecule has 1 rings (SSSR count). The van der Waals surface area contributed by atoms with Crippen molar-refractivity contribution in [1.29, 1.82) is 0 Å². The van der Waals surface area contributed by atoms with E-state index in [1.54, 1.807) is 6.92 Å². The standard InChI is InChI=1S/C10H15N2O2/c1-5-9-6-7(2)11(4)8(3)10(9)12(13)14/h6H,5H2,1-4H3/q+1. The molecule has 0 saturated carbocycles. The Morgan fingerprint density at radius 2 is 2.07 bits per heavy atom. The van der Waals surface area contributed by atoms with Crippen LogP contribution in [0.2, 0.25) is 0 Å². The van der Waals surface area contributed by atoms with Crippen molar-refractivity contribution in [3.8, 4) is 0 Å². The molecule has 0 fully saturated rings. The molecule has 0 atom stereocenters. The van der Waals surface area contributed by atoms with Crippen molar-refractivity contribution < 1.29 is 9.49 Å². The summed E-state index contributed by atoms with van der Waals surface area (Å²) in [5.41, 5.74) is 2.82. The van der Waals surface area contributed by atoms with Crippen molar-refractivity contribution in [2.24, 2.45) is 7.05 Å². The lowest BCUT2D eigenvalue weighted by molar-refractivity contribution is -0.686. The molecule has 1 aromatic rings. The Morgan fingerprint density at radius 3 is 2.50 bits per heavy atom. The largest absolute Gasteiger partial charge is 0.338 e. The van der Waals surface area contributed by atoms with Crippen molar-refractivity contribution in [3.63, 3.8) is 0 Å². The normalized spacial score (nSPS) is 10.3. The highest BCUT2D eigenvalue weighted by atomic mass is 16.6. The van der Waals surface area contributed by atoms with Crippen molar-refractivity contribution in [1.82, 2.24) is 0 Å². The highest BCUT2D eigenvalue weighted by Crippen LogP contribution is 2.21. The fourth-order valence-corrected chi connectivity index (χ4v) is 1.59. The summed E-state index contributed by atoms with van der Waals surface area (Å²) in [5.74, 6) is 0. The summed E-state index contributed by atoms with van der Waals surface area (Å²) in [6, 6.07) is 1.88. The molecule has 0 bridgehead atoms. The number of nitro groups is 1. The lowest BCUT2D eigenvalue weighted by Gasteiger charge is -2.03. The molecule has 1 aromatic heterocycles. The van der Waals surface area contributed by atoms with Crippen LogP contribution in [0.15, 0.2) is 6.07 Å². The number of rotatable bonds is 2. The molecule has 0 aliphatic carbocycles. The molecule has 14 heavy (non-hydrogen) atoms. The molecule has 0 unspecified atom stereocenters. The van der Waals surface area contributed by atoms with Crippen LogP contribution in [0, 0.1) is 24.0 Å². The highest BCUT2D eigenvalue weighted by molar-refractivity contribution is 5.41. The maximum Gasteiger partial charge on any atom is 0.338 e. The third kappa shape index (κ3) is 1.60. The van der Waals surface area contributed by atoms with Gasteiger partial charge in [-0.2, -0.15) is 4.57 Å². The lowest BCUT2D eigenvalue weighted by atomic mass is 10.1. The van der Waals surface area contributed by atoms with E-state index in [1.165, 1.54) is 0 Å². The van der Waals surface area contributed by atoms with E-state index in [2.05, 4.69) is 0 Å². The van der Waals surface area contributed by atoms with E-state index in [1.807, 2.05) is 31.5 Å². The third-order valence-electron chi connectivity index (χ3n) is 2.63. The van der Waals surface area contributed by atoms with Crippen LogP contribution in [0.4, 0.5) is 5.69 Å². The summed E-state index contributed by atoms with van der Waals surface area (Å²) in [6.45, 7) is 5.67. The van der Waals surface area contributed by atoms with Gasteiger partial charge in [0.1, 0.15) is 7.05 Å². The van der Waals surface area contributed by atoms with E-state index in [0.717, 1.165) is 11.3 Å². The predicted molar refractivity (Wildman–Crippen MR) is 53.1 cm³/mol.